The van der Waals surface area contributed by atoms with Gasteiger partial charge in [0, 0.05) is 6.04 Å². The van der Waals surface area contributed by atoms with E-state index in [1.54, 1.807) is 0 Å². The van der Waals surface area contributed by atoms with Gasteiger partial charge in [0.2, 0.25) is 5.88 Å². The van der Waals surface area contributed by atoms with E-state index in [0.717, 1.165) is 24.3 Å². The predicted molar refractivity (Wildman–Crippen MR) is 86.5 cm³/mol. The van der Waals surface area contributed by atoms with Crippen molar-refractivity contribution in [2.75, 3.05) is 17.7 Å². The second-order valence-corrected chi connectivity index (χ2v) is 7.10. The predicted octanol–water partition coefficient (Wildman–Crippen LogP) is 3.69. The van der Waals surface area contributed by atoms with Crippen LogP contribution in [0.15, 0.2) is 12.1 Å². The number of nitrogens with two attached hydrogens (primary N) is 1. The highest BCUT2D eigenvalue weighted by Gasteiger charge is 2.25. The highest BCUT2D eigenvalue weighted by molar-refractivity contribution is 5.53. The van der Waals surface area contributed by atoms with Crippen LogP contribution in [-0.2, 0) is 0 Å². The molecule has 3 rings (SSSR count). The lowest BCUT2D eigenvalue weighted by Crippen LogP contribution is -2.30. The molecule has 2 saturated carbocycles. The van der Waals surface area contributed by atoms with Gasteiger partial charge in [-0.3, -0.25) is 0 Å². The summed E-state index contributed by atoms with van der Waals surface area (Å²) >= 11 is 0. The molecule has 0 aliphatic heterocycles. The first kappa shape index (κ1) is 14.5. The molecule has 0 saturated heterocycles. The molecule has 4 heteroatoms. The monoisotopic (exact) mass is 289 g/mol. The lowest BCUT2D eigenvalue weighted by atomic mass is 9.80. The lowest BCUT2D eigenvalue weighted by Gasteiger charge is -2.32. The van der Waals surface area contributed by atoms with E-state index in [4.69, 9.17) is 10.5 Å². The van der Waals surface area contributed by atoms with Gasteiger partial charge in [0.1, 0.15) is 5.82 Å². The largest absolute Gasteiger partial charge is 0.476 e. The number of ether oxygens (including phenoxy) is 1. The maximum Gasteiger partial charge on any atom is 0.239 e. The van der Waals surface area contributed by atoms with Crippen LogP contribution in [0.5, 0.6) is 5.88 Å². The Morgan fingerprint density at radius 1 is 1.19 bits per heavy atom. The van der Waals surface area contributed by atoms with Gasteiger partial charge in [-0.05, 0) is 62.0 Å². The molecule has 2 fully saturated rings. The SMILES string of the molecule is CC1CC(C)CC(Nc2ccc(N)c(OCC3CC3)n2)C1. The molecule has 0 spiro atoms. The second kappa shape index (κ2) is 6.12. The quantitative estimate of drug-likeness (QED) is 0.868. The Bertz CT molecular complexity index is 477. The summed E-state index contributed by atoms with van der Waals surface area (Å²) in [6, 6.07) is 4.37. The van der Waals surface area contributed by atoms with Crippen molar-refractivity contribution in [3.63, 3.8) is 0 Å². The van der Waals surface area contributed by atoms with Crippen LogP contribution in [0.1, 0.15) is 46.0 Å². The highest BCUT2D eigenvalue weighted by Crippen LogP contribution is 2.32. The minimum absolute atomic E-state index is 0.510. The van der Waals surface area contributed by atoms with E-state index in [1.165, 1.54) is 32.1 Å². The van der Waals surface area contributed by atoms with E-state index < -0.39 is 0 Å². The maximum atomic E-state index is 5.96. The maximum absolute atomic E-state index is 5.96. The van der Waals surface area contributed by atoms with E-state index in [2.05, 4.69) is 24.1 Å². The summed E-state index contributed by atoms with van der Waals surface area (Å²) < 4.78 is 5.76. The van der Waals surface area contributed by atoms with E-state index >= 15 is 0 Å². The van der Waals surface area contributed by atoms with Gasteiger partial charge < -0.3 is 15.8 Å². The molecule has 1 aromatic heterocycles. The van der Waals surface area contributed by atoms with Crippen molar-refractivity contribution in [1.29, 1.82) is 0 Å². The fraction of sp³-hybridized carbons (Fsp3) is 0.706. The molecule has 116 valence electrons. The minimum Gasteiger partial charge on any atom is -0.476 e. The number of aromatic nitrogens is 1. The second-order valence-electron chi connectivity index (χ2n) is 7.10. The summed E-state index contributed by atoms with van der Waals surface area (Å²) in [4.78, 5) is 4.56. The van der Waals surface area contributed by atoms with Gasteiger partial charge in [0.25, 0.3) is 0 Å². The van der Waals surface area contributed by atoms with Crippen LogP contribution in [0.4, 0.5) is 11.5 Å². The summed E-state index contributed by atoms with van der Waals surface area (Å²) in [5, 5.41) is 3.57. The van der Waals surface area contributed by atoms with Crippen LogP contribution >= 0.6 is 0 Å². The summed E-state index contributed by atoms with van der Waals surface area (Å²) in [6.45, 7) is 5.42. The third kappa shape index (κ3) is 4.02. The van der Waals surface area contributed by atoms with E-state index in [9.17, 15) is 0 Å². The normalized spacial score (nSPS) is 29.1. The van der Waals surface area contributed by atoms with Gasteiger partial charge in [-0.2, -0.15) is 4.98 Å². The molecule has 2 unspecified atom stereocenters. The summed E-state index contributed by atoms with van der Waals surface area (Å²) in [5.41, 5.74) is 6.59. The van der Waals surface area contributed by atoms with Crippen LogP contribution in [-0.4, -0.2) is 17.6 Å². The minimum atomic E-state index is 0.510. The Kier molecular flexibility index (Phi) is 4.22. The average Bonchev–Trinajstić information content (AvgIpc) is 3.22. The molecule has 2 aliphatic rings. The first-order chi connectivity index (χ1) is 10.1. The number of pyridine rings is 1. The highest BCUT2D eigenvalue weighted by atomic mass is 16.5. The van der Waals surface area contributed by atoms with E-state index in [-0.39, 0.29) is 0 Å². The molecule has 3 N–H and O–H groups in total. The molecule has 1 heterocycles. The third-order valence-electron chi connectivity index (χ3n) is 4.57. The number of nitrogen functional groups attached to an aromatic ring is 1. The van der Waals surface area contributed by atoms with Crippen molar-refractivity contribution in [3.05, 3.63) is 12.1 Å². The summed E-state index contributed by atoms with van der Waals surface area (Å²) in [5.74, 6) is 3.75. The van der Waals surface area contributed by atoms with Crippen LogP contribution in [0, 0.1) is 17.8 Å². The lowest BCUT2D eigenvalue weighted by molar-refractivity contribution is 0.279. The average molecular weight is 289 g/mol. The molecular weight excluding hydrogens is 262 g/mol. The van der Waals surface area contributed by atoms with Crippen molar-refractivity contribution < 1.29 is 4.74 Å². The molecular formula is C17H27N3O. The van der Waals surface area contributed by atoms with E-state index in [1.807, 2.05) is 12.1 Å². The fourth-order valence-corrected chi connectivity index (χ4v) is 3.40. The van der Waals surface area contributed by atoms with Crippen LogP contribution in [0.25, 0.3) is 0 Å². The van der Waals surface area contributed by atoms with Crippen molar-refractivity contribution >= 4 is 11.5 Å². The van der Waals surface area contributed by atoms with E-state index in [0.29, 0.717) is 23.5 Å². The standard InChI is InChI=1S/C17H27N3O/c1-11-7-12(2)9-14(8-11)19-16-6-5-15(18)17(20-16)21-10-13-3-4-13/h5-6,11-14H,3-4,7-10,18H2,1-2H3,(H,19,20). The summed E-state index contributed by atoms with van der Waals surface area (Å²) in [7, 11) is 0. The Hall–Kier alpha value is -1.45. The van der Waals surface area contributed by atoms with Crippen molar-refractivity contribution in [3.8, 4) is 5.88 Å². The number of anilines is 2. The van der Waals surface area contributed by atoms with Crippen LogP contribution < -0.4 is 15.8 Å². The van der Waals surface area contributed by atoms with Gasteiger partial charge in [-0.1, -0.05) is 13.8 Å². The molecule has 21 heavy (non-hydrogen) atoms. The number of rotatable bonds is 5. The Morgan fingerprint density at radius 3 is 2.57 bits per heavy atom. The smallest absolute Gasteiger partial charge is 0.239 e. The molecule has 2 aliphatic carbocycles. The molecule has 0 radical (unpaired) electrons. The first-order valence-electron chi connectivity index (χ1n) is 8.26. The zero-order valence-electron chi connectivity index (χ0n) is 13.1. The zero-order valence-corrected chi connectivity index (χ0v) is 13.1. The van der Waals surface area contributed by atoms with Crippen LogP contribution in [0.2, 0.25) is 0 Å². The molecule has 0 bridgehead atoms. The Morgan fingerprint density at radius 2 is 1.90 bits per heavy atom. The van der Waals surface area contributed by atoms with Crippen molar-refractivity contribution in [2.24, 2.45) is 17.8 Å². The molecule has 0 amide bonds. The van der Waals surface area contributed by atoms with Crippen molar-refractivity contribution in [1.82, 2.24) is 4.98 Å². The third-order valence-corrected chi connectivity index (χ3v) is 4.57. The first-order valence-corrected chi connectivity index (χ1v) is 8.26. The Balaban J connectivity index is 1.62. The zero-order chi connectivity index (χ0) is 14.8. The van der Waals surface area contributed by atoms with Crippen molar-refractivity contribution in [2.45, 2.75) is 52.0 Å². The number of nitrogens with zero attached hydrogens (tertiary/aromatic N) is 1. The molecule has 4 nitrogen and oxygen atoms in total. The molecule has 0 aromatic carbocycles. The Labute approximate surface area is 127 Å². The van der Waals surface area contributed by atoms with Gasteiger partial charge in [0.15, 0.2) is 0 Å². The molecule has 2 atom stereocenters. The van der Waals surface area contributed by atoms with Gasteiger partial charge >= 0.3 is 0 Å². The summed E-state index contributed by atoms with van der Waals surface area (Å²) in [6.07, 6.45) is 6.32. The number of nitrogens with one attached hydrogen (secondary N) is 1. The van der Waals surface area contributed by atoms with Gasteiger partial charge in [-0.15, -0.1) is 0 Å². The topological polar surface area (TPSA) is 60.2 Å². The number of hydrogen-bond donors (Lipinski definition) is 2. The number of hydrogen-bond acceptors (Lipinski definition) is 4. The van der Waals surface area contributed by atoms with Gasteiger partial charge in [0.05, 0.1) is 12.3 Å². The molecule has 1 aromatic rings. The van der Waals surface area contributed by atoms with Crippen LogP contribution in [0.3, 0.4) is 0 Å². The van der Waals surface area contributed by atoms with Gasteiger partial charge in [-0.25, -0.2) is 0 Å². The fourth-order valence-electron chi connectivity index (χ4n) is 3.40.